The first kappa shape index (κ1) is 19.0. The van der Waals surface area contributed by atoms with Gasteiger partial charge in [-0.2, -0.15) is 0 Å². The SMILES string of the molecule is COc1ccc(Cl)cc1NS(=O)(=O)c1ccc2c(c1)NC(=O)C(C)C(=O)N2. The molecule has 3 N–H and O–H groups in total. The third-order valence-corrected chi connectivity index (χ3v) is 5.61. The zero-order valence-corrected chi connectivity index (χ0v) is 15.9. The van der Waals surface area contributed by atoms with Crippen LogP contribution in [0.5, 0.6) is 5.75 Å². The molecule has 1 atom stereocenters. The Bertz CT molecular complexity index is 1040. The van der Waals surface area contributed by atoms with Gasteiger partial charge < -0.3 is 15.4 Å². The molecule has 10 heteroatoms. The van der Waals surface area contributed by atoms with E-state index in [1.807, 2.05) is 0 Å². The number of methoxy groups -OCH3 is 1. The quantitative estimate of drug-likeness (QED) is 0.672. The minimum atomic E-state index is -4.01. The normalized spacial score (nSPS) is 16.6. The molecule has 3 rings (SSSR count). The number of fused-ring (bicyclic) bond motifs is 1. The van der Waals surface area contributed by atoms with E-state index in [4.69, 9.17) is 16.3 Å². The largest absolute Gasteiger partial charge is 0.495 e. The number of carbonyl (C=O) groups is 2. The van der Waals surface area contributed by atoms with Gasteiger partial charge in [-0.05, 0) is 43.3 Å². The van der Waals surface area contributed by atoms with Crippen molar-refractivity contribution in [2.75, 3.05) is 22.5 Å². The fourth-order valence-electron chi connectivity index (χ4n) is 2.47. The average Bonchev–Trinajstić information content (AvgIpc) is 2.71. The van der Waals surface area contributed by atoms with Gasteiger partial charge in [0.1, 0.15) is 11.7 Å². The maximum atomic E-state index is 12.8. The van der Waals surface area contributed by atoms with Crippen LogP contribution >= 0.6 is 11.6 Å². The van der Waals surface area contributed by atoms with Crippen LogP contribution in [-0.4, -0.2) is 27.3 Å². The van der Waals surface area contributed by atoms with E-state index in [9.17, 15) is 18.0 Å². The molecule has 0 bridgehead atoms. The summed E-state index contributed by atoms with van der Waals surface area (Å²) in [6.07, 6.45) is 0. The number of hydrogen-bond acceptors (Lipinski definition) is 5. The molecule has 0 saturated carbocycles. The summed E-state index contributed by atoms with van der Waals surface area (Å²) >= 11 is 5.93. The lowest BCUT2D eigenvalue weighted by molar-refractivity contribution is -0.128. The Hall–Kier alpha value is -2.78. The summed E-state index contributed by atoms with van der Waals surface area (Å²) in [6.45, 7) is 1.46. The van der Waals surface area contributed by atoms with E-state index in [1.165, 1.54) is 44.4 Å². The van der Waals surface area contributed by atoms with Crippen LogP contribution in [0.15, 0.2) is 41.3 Å². The molecule has 1 aliphatic rings. The summed E-state index contributed by atoms with van der Waals surface area (Å²) < 4.78 is 33.1. The van der Waals surface area contributed by atoms with E-state index in [-0.39, 0.29) is 16.3 Å². The molecule has 1 aliphatic heterocycles. The first-order valence-corrected chi connectivity index (χ1v) is 9.69. The lowest BCUT2D eigenvalue weighted by Crippen LogP contribution is -2.28. The Morgan fingerprint density at radius 2 is 1.70 bits per heavy atom. The van der Waals surface area contributed by atoms with Gasteiger partial charge in [-0.1, -0.05) is 11.6 Å². The number of carbonyl (C=O) groups excluding carboxylic acids is 2. The summed E-state index contributed by atoms with van der Waals surface area (Å²) in [6, 6.07) is 8.53. The Balaban J connectivity index is 1.97. The number of nitrogens with one attached hydrogen (secondary N) is 3. The summed E-state index contributed by atoms with van der Waals surface area (Å²) in [7, 11) is -2.60. The molecule has 0 spiro atoms. The molecule has 2 amide bonds. The second kappa shape index (κ2) is 7.09. The number of amides is 2. The van der Waals surface area contributed by atoms with Gasteiger partial charge in [-0.15, -0.1) is 0 Å². The number of anilines is 3. The second-order valence-corrected chi connectivity index (χ2v) is 7.98. The van der Waals surface area contributed by atoms with Crippen LogP contribution in [0.2, 0.25) is 5.02 Å². The molecule has 2 aromatic carbocycles. The number of ether oxygens (including phenoxy) is 1. The Morgan fingerprint density at radius 3 is 2.37 bits per heavy atom. The van der Waals surface area contributed by atoms with E-state index in [0.29, 0.717) is 16.5 Å². The molecule has 0 radical (unpaired) electrons. The summed E-state index contributed by atoms with van der Waals surface area (Å²) in [5, 5.41) is 5.46. The zero-order chi connectivity index (χ0) is 19.8. The van der Waals surface area contributed by atoms with Gasteiger partial charge in [0.05, 0.1) is 29.1 Å². The molecule has 0 fully saturated rings. The van der Waals surface area contributed by atoms with Crippen molar-refractivity contribution in [1.82, 2.24) is 0 Å². The van der Waals surface area contributed by atoms with E-state index in [0.717, 1.165) is 0 Å². The summed E-state index contributed by atoms with van der Waals surface area (Å²) in [5.74, 6) is -1.59. The highest BCUT2D eigenvalue weighted by atomic mass is 35.5. The number of sulfonamides is 1. The number of hydrogen-bond donors (Lipinski definition) is 3. The highest BCUT2D eigenvalue weighted by Gasteiger charge is 2.28. The van der Waals surface area contributed by atoms with Crippen molar-refractivity contribution < 1.29 is 22.7 Å². The molecule has 142 valence electrons. The van der Waals surface area contributed by atoms with Gasteiger partial charge in [0.25, 0.3) is 10.0 Å². The second-order valence-electron chi connectivity index (χ2n) is 5.86. The van der Waals surface area contributed by atoms with Crippen LogP contribution < -0.4 is 20.1 Å². The summed E-state index contributed by atoms with van der Waals surface area (Å²) in [5.41, 5.74) is 0.682. The number of benzene rings is 2. The standard InChI is InChI=1S/C17H16ClN3O5S/c1-9-16(22)19-12-5-4-11(8-13(12)20-17(9)23)27(24,25)21-14-7-10(18)3-6-15(14)26-2/h3-9,21H,1-2H3,(H,19,22)(H,20,23). The molecule has 1 heterocycles. The van der Waals surface area contributed by atoms with Crippen molar-refractivity contribution >= 4 is 50.5 Å². The molecule has 8 nitrogen and oxygen atoms in total. The molecule has 1 unspecified atom stereocenters. The summed E-state index contributed by atoms with van der Waals surface area (Å²) in [4.78, 5) is 23.8. The van der Waals surface area contributed by atoms with Crippen LogP contribution in [0.4, 0.5) is 17.1 Å². The van der Waals surface area contributed by atoms with Crippen molar-refractivity contribution in [1.29, 1.82) is 0 Å². The van der Waals surface area contributed by atoms with Crippen molar-refractivity contribution in [2.45, 2.75) is 11.8 Å². The van der Waals surface area contributed by atoms with Crippen molar-refractivity contribution in [2.24, 2.45) is 5.92 Å². The molecule has 0 saturated heterocycles. The van der Waals surface area contributed by atoms with Gasteiger partial charge in [-0.25, -0.2) is 8.42 Å². The van der Waals surface area contributed by atoms with Crippen molar-refractivity contribution in [3.63, 3.8) is 0 Å². The van der Waals surface area contributed by atoms with Gasteiger partial charge in [-0.3, -0.25) is 14.3 Å². The van der Waals surface area contributed by atoms with Crippen LogP contribution in [0.1, 0.15) is 6.92 Å². The Kier molecular flexibility index (Phi) is 4.99. The van der Waals surface area contributed by atoms with Crippen LogP contribution in [0, 0.1) is 5.92 Å². The monoisotopic (exact) mass is 409 g/mol. The van der Waals surface area contributed by atoms with Crippen LogP contribution in [0.3, 0.4) is 0 Å². The predicted molar refractivity (Wildman–Crippen MR) is 102 cm³/mol. The minimum Gasteiger partial charge on any atom is -0.495 e. The fraction of sp³-hybridized carbons (Fsp3) is 0.176. The molecular formula is C17H16ClN3O5S. The van der Waals surface area contributed by atoms with E-state index in [2.05, 4.69) is 15.4 Å². The molecule has 0 aromatic heterocycles. The Morgan fingerprint density at radius 1 is 1.04 bits per heavy atom. The molecule has 0 aliphatic carbocycles. The number of halogens is 1. The van der Waals surface area contributed by atoms with Crippen LogP contribution in [0.25, 0.3) is 0 Å². The van der Waals surface area contributed by atoms with E-state index >= 15 is 0 Å². The third kappa shape index (κ3) is 3.83. The average molecular weight is 410 g/mol. The zero-order valence-electron chi connectivity index (χ0n) is 14.4. The van der Waals surface area contributed by atoms with Crippen LogP contribution in [-0.2, 0) is 19.6 Å². The Labute approximate surface area is 160 Å². The topological polar surface area (TPSA) is 114 Å². The molecular weight excluding hydrogens is 394 g/mol. The van der Waals surface area contributed by atoms with Gasteiger partial charge in [0.15, 0.2) is 0 Å². The maximum Gasteiger partial charge on any atom is 0.262 e. The fourth-order valence-corrected chi connectivity index (χ4v) is 3.73. The number of rotatable bonds is 4. The van der Waals surface area contributed by atoms with E-state index in [1.54, 1.807) is 6.07 Å². The van der Waals surface area contributed by atoms with Gasteiger partial charge in [0, 0.05) is 5.02 Å². The highest BCUT2D eigenvalue weighted by molar-refractivity contribution is 7.92. The lowest BCUT2D eigenvalue weighted by atomic mass is 10.1. The maximum absolute atomic E-state index is 12.8. The first-order chi connectivity index (χ1) is 12.7. The smallest absolute Gasteiger partial charge is 0.262 e. The predicted octanol–water partition coefficient (Wildman–Crippen LogP) is 2.68. The van der Waals surface area contributed by atoms with E-state index < -0.39 is 27.8 Å². The van der Waals surface area contributed by atoms with Gasteiger partial charge in [0.2, 0.25) is 11.8 Å². The van der Waals surface area contributed by atoms with Crippen molar-refractivity contribution in [3.8, 4) is 5.75 Å². The lowest BCUT2D eigenvalue weighted by Gasteiger charge is -2.14. The van der Waals surface area contributed by atoms with Gasteiger partial charge >= 0.3 is 0 Å². The molecule has 2 aromatic rings. The third-order valence-electron chi connectivity index (χ3n) is 4.01. The first-order valence-electron chi connectivity index (χ1n) is 7.83. The minimum absolute atomic E-state index is 0.104. The highest BCUT2D eigenvalue weighted by Crippen LogP contribution is 2.32. The van der Waals surface area contributed by atoms with Crippen molar-refractivity contribution in [3.05, 3.63) is 41.4 Å². The molecule has 27 heavy (non-hydrogen) atoms.